The van der Waals surface area contributed by atoms with E-state index in [0.717, 1.165) is 23.4 Å². The average Bonchev–Trinajstić information content (AvgIpc) is 2.57. The first-order chi connectivity index (χ1) is 11.9. The minimum atomic E-state index is 0.0772. The predicted molar refractivity (Wildman–Crippen MR) is 107 cm³/mol. The van der Waals surface area contributed by atoms with E-state index in [0.29, 0.717) is 18.1 Å². The Balaban J connectivity index is 2.04. The Morgan fingerprint density at radius 1 is 1.24 bits per heavy atom. The van der Waals surface area contributed by atoms with Crippen molar-refractivity contribution in [3.63, 3.8) is 0 Å². The Bertz CT molecular complexity index is 480. The second-order valence-corrected chi connectivity index (χ2v) is 8.96. The number of nitrogens with zero attached hydrogens (tertiary/aromatic N) is 2. The molecule has 25 heavy (non-hydrogen) atoms. The zero-order chi connectivity index (χ0) is 18.4. The lowest BCUT2D eigenvalue weighted by atomic mass is 9.71. The van der Waals surface area contributed by atoms with E-state index in [4.69, 9.17) is 9.47 Å². The lowest BCUT2D eigenvalue weighted by Gasteiger charge is -2.38. The van der Waals surface area contributed by atoms with Gasteiger partial charge in [0.25, 0.3) is 0 Å². The molecule has 2 aliphatic rings. The van der Waals surface area contributed by atoms with E-state index in [-0.39, 0.29) is 6.04 Å². The Morgan fingerprint density at radius 2 is 1.92 bits per heavy atom. The molecule has 0 aromatic rings. The summed E-state index contributed by atoms with van der Waals surface area (Å²) in [6.07, 6.45) is 8.96. The molecule has 1 aliphatic heterocycles. The Kier molecular flexibility index (Phi) is 7.50. The molecule has 1 atom stereocenters. The number of thioether (sulfide) groups is 1. The standard InChI is InChI=1S/C19H35N3O2S/c1-19(2,3)14-7-9-15(10-8-14)21-18-17(24-5)16(11-23-4)22(12-20-18)13-25-6/h12,14-16,21H,7-11,13H2,1-6H3. The minimum absolute atomic E-state index is 0.0772. The number of aliphatic imine (C=N–C) groups is 1. The summed E-state index contributed by atoms with van der Waals surface area (Å²) >= 11 is 1.77. The molecule has 1 aliphatic carbocycles. The molecule has 0 bridgehead atoms. The van der Waals surface area contributed by atoms with E-state index in [9.17, 15) is 0 Å². The van der Waals surface area contributed by atoms with Crippen LogP contribution in [0.5, 0.6) is 0 Å². The molecule has 0 aromatic carbocycles. The first-order valence-corrected chi connectivity index (χ1v) is 10.6. The number of rotatable bonds is 7. The molecular weight excluding hydrogens is 334 g/mol. The second kappa shape index (κ2) is 9.17. The lowest BCUT2D eigenvalue weighted by Crippen LogP contribution is -2.45. The van der Waals surface area contributed by atoms with Gasteiger partial charge in [0.05, 0.1) is 25.9 Å². The monoisotopic (exact) mass is 369 g/mol. The van der Waals surface area contributed by atoms with E-state index >= 15 is 0 Å². The molecule has 0 amide bonds. The van der Waals surface area contributed by atoms with Gasteiger partial charge in [0, 0.05) is 13.2 Å². The van der Waals surface area contributed by atoms with Gasteiger partial charge in [-0.15, -0.1) is 11.8 Å². The van der Waals surface area contributed by atoms with Crippen molar-refractivity contribution in [1.29, 1.82) is 0 Å². The van der Waals surface area contributed by atoms with Crippen LogP contribution in [0.3, 0.4) is 0 Å². The van der Waals surface area contributed by atoms with Crippen LogP contribution in [0.1, 0.15) is 46.5 Å². The van der Waals surface area contributed by atoms with Crippen LogP contribution in [0.2, 0.25) is 0 Å². The van der Waals surface area contributed by atoms with Crippen molar-refractivity contribution < 1.29 is 9.47 Å². The van der Waals surface area contributed by atoms with Gasteiger partial charge in [0.1, 0.15) is 6.04 Å². The third-order valence-corrected chi connectivity index (χ3v) is 5.94. The number of nitrogens with one attached hydrogen (secondary N) is 1. The van der Waals surface area contributed by atoms with E-state index < -0.39 is 0 Å². The van der Waals surface area contributed by atoms with Crippen molar-refractivity contribution in [2.45, 2.75) is 58.5 Å². The molecule has 0 spiro atoms. The van der Waals surface area contributed by atoms with Crippen LogP contribution in [0.15, 0.2) is 16.6 Å². The van der Waals surface area contributed by atoms with Gasteiger partial charge in [-0.2, -0.15) is 0 Å². The van der Waals surface area contributed by atoms with E-state index in [1.54, 1.807) is 26.0 Å². The minimum Gasteiger partial charge on any atom is -0.495 e. The molecule has 144 valence electrons. The maximum atomic E-state index is 5.73. The largest absolute Gasteiger partial charge is 0.495 e. The summed E-state index contributed by atoms with van der Waals surface area (Å²) in [7, 11) is 3.46. The Labute approximate surface area is 157 Å². The summed E-state index contributed by atoms with van der Waals surface area (Å²) in [5.74, 6) is 3.45. The van der Waals surface area contributed by atoms with Crippen LogP contribution in [0.4, 0.5) is 0 Å². The number of hydrogen-bond acceptors (Lipinski definition) is 6. The van der Waals surface area contributed by atoms with Crippen LogP contribution in [0, 0.1) is 11.3 Å². The smallest absolute Gasteiger partial charge is 0.168 e. The van der Waals surface area contributed by atoms with Crippen molar-refractivity contribution in [3.05, 3.63) is 11.6 Å². The summed E-state index contributed by atoms with van der Waals surface area (Å²) in [6, 6.07) is 0.555. The maximum Gasteiger partial charge on any atom is 0.168 e. The van der Waals surface area contributed by atoms with E-state index in [2.05, 4.69) is 42.2 Å². The highest BCUT2D eigenvalue weighted by Gasteiger charge is 2.32. The third kappa shape index (κ3) is 5.30. The summed E-state index contributed by atoms with van der Waals surface area (Å²) < 4.78 is 11.2. The molecule has 0 radical (unpaired) electrons. The molecule has 0 saturated heterocycles. The van der Waals surface area contributed by atoms with Crippen LogP contribution in [-0.2, 0) is 9.47 Å². The fraction of sp³-hybridized carbons (Fsp3) is 0.842. The lowest BCUT2D eigenvalue weighted by molar-refractivity contribution is 0.110. The molecule has 5 nitrogen and oxygen atoms in total. The van der Waals surface area contributed by atoms with Crippen LogP contribution in [-0.4, -0.2) is 56.3 Å². The van der Waals surface area contributed by atoms with Crippen LogP contribution >= 0.6 is 11.8 Å². The summed E-state index contributed by atoms with van der Waals surface area (Å²) in [6.45, 7) is 7.67. The van der Waals surface area contributed by atoms with Crippen LogP contribution < -0.4 is 5.32 Å². The molecule has 0 aromatic heterocycles. The number of methoxy groups -OCH3 is 2. The maximum absolute atomic E-state index is 5.73. The van der Waals surface area contributed by atoms with Crippen molar-refractivity contribution in [2.24, 2.45) is 16.3 Å². The van der Waals surface area contributed by atoms with Crippen LogP contribution in [0.25, 0.3) is 0 Å². The third-order valence-electron chi connectivity index (χ3n) is 5.39. The van der Waals surface area contributed by atoms with Gasteiger partial charge in [-0.3, -0.25) is 0 Å². The van der Waals surface area contributed by atoms with Gasteiger partial charge in [-0.05, 0) is 43.3 Å². The van der Waals surface area contributed by atoms with Gasteiger partial charge in [-0.1, -0.05) is 20.8 Å². The van der Waals surface area contributed by atoms with Crippen molar-refractivity contribution in [1.82, 2.24) is 10.2 Å². The molecule has 6 heteroatoms. The quantitative estimate of drug-likeness (QED) is 0.742. The van der Waals surface area contributed by atoms with E-state index in [1.807, 2.05) is 6.34 Å². The molecule has 1 unspecified atom stereocenters. The highest BCUT2D eigenvalue weighted by Crippen LogP contribution is 2.38. The molecule has 1 saturated carbocycles. The highest BCUT2D eigenvalue weighted by atomic mass is 32.2. The van der Waals surface area contributed by atoms with Crippen molar-refractivity contribution in [3.8, 4) is 0 Å². The van der Waals surface area contributed by atoms with Gasteiger partial charge >= 0.3 is 0 Å². The van der Waals surface area contributed by atoms with Gasteiger partial charge in [0.2, 0.25) is 0 Å². The topological polar surface area (TPSA) is 46.1 Å². The normalized spacial score (nSPS) is 27.6. The average molecular weight is 370 g/mol. The predicted octanol–water partition coefficient (Wildman–Crippen LogP) is 3.68. The first-order valence-electron chi connectivity index (χ1n) is 9.23. The van der Waals surface area contributed by atoms with E-state index in [1.165, 1.54) is 25.7 Å². The Morgan fingerprint density at radius 3 is 2.44 bits per heavy atom. The first kappa shape index (κ1) is 20.4. The molecule has 2 rings (SSSR count). The SMILES string of the molecule is COCC1C(OC)=C(NC2CCC(C(C)(C)C)CC2)N=CN1CSC. The number of ether oxygens (including phenoxy) is 2. The zero-order valence-electron chi connectivity index (χ0n) is 16.7. The fourth-order valence-electron chi connectivity index (χ4n) is 3.82. The number of hydrogen-bond donors (Lipinski definition) is 1. The molecule has 1 heterocycles. The molecule has 1 N–H and O–H groups in total. The zero-order valence-corrected chi connectivity index (χ0v) is 17.5. The summed E-state index contributed by atoms with van der Waals surface area (Å²) in [4.78, 5) is 6.83. The summed E-state index contributed by atoms with van der Waals surface area (Å²) in [5, 5.41) is 3.65. The van der Waals surface area contributed by atoms with Crippen molar-refractivity contribution in [2.75, 3.05) is 33.0 Å². The van der Waals surface area contributed by atoms with Crippen molar-refractivity contribution >= 4 is 18.1 Å². The Hall–Kier alpha value is -0.880. The fourth-order valence-corrected chi connectivity index (χ4v) is 4.37. The summed E-state index contributed by atoms with van der Waals surface area (Å²) in [5.41, 5.74) is 0.410. The van der Waals surface area contributed by atoms with Gasteiger partial charge in [-0.25, -0.2) is 4.99 Å². The van der Waals surface area contributed by atoms with Gasteiger partial charge in [0.15, 0.2) is 11.6 Å². The van der Waals surface area contributed by atoms with Gasteiger partial charge < -0.3 is 19.7 Å². The highest BCUT2D eigenvalue weighted by molar-refractivity contribution is 7.98. The second-order valence-electron chi connectivity index (χ2n) is 8.12. The molecule has 1 fully saturated rings. The molecular formula is C19H35N3O2S.